The fraction of sp³-hybridized carbons (Fsp3) is 0.889. The van der Waals surface area contributed by atoms with Gasteiger partial charge in [-0.3, -0.25) is 4.79 Å². The molecule has 0 unspecified atom stereocenters. The lowest BCUT2D eigenvalue weighted by atomic mass is 9.54. The Morgan fingerprint density at radius 1 is 1.20 bits per heavy atom. The molecule has 4 fully saturated rings. The van der Waals surface area contributed by atoms with E-state index >= 15 is 0 Å². The van der Waals surface area contributed by atoms with Crippen LogP contribution < -0.4 is 5.73 Å². The second-order valence-corrected chi connectivity index (χ2v) is 8.61. The van der Waals surface area contributed by atoms with Crippen molar-refractivity contribution < 1.29 is 23.8 Å². The molecule has 1 aliphatic carbocycles. The molecule has 0 aromatic rings. The molecule has 4 aliphatic rings. The van der Waals surface area contributed by atoms with Gasteiger partial charge in [0.2, 0.25) is 0 Å². The van der Waals surface area contributed by atoms with Crippen LogP contribution in [0.3, 0.4) is 0 Å². The number of nitrogens with two attached hydrogens (primary N) is 1. The third kappa shape index (κ3) is 2.81. The lowest BCUT2D eigenvalue weighted by Crippen LogP contribution is -2.59. The van der Waals surface area contributed by atoms with Crippen LogP contribution in [0, 0.1) is 5.41 Å². The summed E-state index contributed by atoms with van der Waals surface area (Å²) in [5.74, 6) is -0.178. The van der Waals surface area contributed by atoms with Crippen LogP contribution in [0.4, 0.5) is 4.79 Å². The van der Waals surface area contributed by atoms with Crippen molar-refractivity contribution in [3.8, 4) is 0 Å². The largest absolute Gasteiger partial charge is 0.465 e. The third-order valence-corrected chi connectivity index (χ3v) is 5.79. The van der Waals surface area contributed by atoms with Gasteiger partial charge >= 0.3 is 12.1 Å². The SMILES string of the molecule is CCOC(=O)C12CC(CN)(C1)OC21CCN(C(=O)OC(C)(C)C)CC1. The van der Waals surface area contributed by atoms with Crippen LogP contribution in [0.25, 0.3) is 0 Å². The summed E-state index contributed by atoms with van der Waals surface area (Å²) in [6.45, 7) is 9.16. The van der Waals surface area contributed by atoms with Crippen molar-refractivity contribution in [2.45, 2.75) is 70.2 Å². The van der Waals surface area contributed by atoms with Crippen LogP contribution in [0.15, 0.2) is 0 Å². The minimum absolute atomic E-state index is 0.178. The molecule has 7 nitrogen and oxygen atoms in total. The van der Waals surface area contributed by atoms with Gasteiger partial charge in [0.15, 0.2) is 0 Å². The predicted molar refractivity (Wildman–Crippen MR) is 90.9 cm³/mol. The van der Waals surface area contributed by atoms with Crippen LogP contribution in [-0.4, -0.2) is 60.0 Å². The zero-order valence-electron chi connectivity index (χ0n) is 15.7. The molecule has 2 N–H and O–H groups in total. The van der Waals surface area contributed by atoms with E-state index < -0.39 is 22.2 Å². The number of rotatable bonds is 3. The molecule has 7 heteroatoms. The molecule has 0 aromatic heterocycles. The first-order valence-corrected chi connectivity index (χ1v) is 9.16. The van der Waals surface area contributed by atoms with Gasteiger partial charge < -0.3 is 24.8 Å². The van der Waals surface area contributed by atoms with Crippen molar-refractivity contribution in [2.24, 2.45) is 11.1 Å². The lowest BCUT2D eigenvalue weighted by molar-refractivity contribution is -0.167. The summed E-state index contributed by atoms with van der Waals surface area (Å²) < 4.78 is 17.2. The normalized spacial score (nSPS) is 33.1. The average Bonchev–Trinajstić information content (AvgIpc) is 2.91. The summed E-state index contributed by atoms with van der Waals surface area (Å²) in [5, 5.41) is 0. The Balaban J connectivity index is 1.73. The Bertz CT molecular complexity index is 554. The minimum Gasteiger partial charge on any atom is -0.465 e. The van der Waals surface area contributed by atoms with E-state index in [-0.39, 0.29) is 12.1 Å². The highest BCUT2D eigenvalue weighted by atomic mass is 16.6. The van der Waals surface area contributed by atoms with Gasteiger partial charge in [-0.25, -0.2) is 4.79 Å². The fourth-order valence-electron chi connectivity index (χ4n) is 4.70. The summed E-state index contributed by atoms with van der Waals surface area (Å²) in [4.78, 5) is 26.7. The van der Waals surface area contributed by atoms with Crippen molar-refractivity contribution in [3.63, 3.8) is 0 Å². The van der Waals surface area contributed by atoms with Gasteiger partial charge in [0, 0.05) is 19.6 Å². The molecule has 25 heavy (non-hydrogen) atoms. The van der Waals surface area contributed by atoms with Crippen LogP contribution in [0.5, 0.6) is 0 Å². The molecule has 0 radical (unpaired) electrons. The Hall–Kier alpha value is -1.34. The average molecular weight is 354 g/mol. The maximum atomic E-state index is 12.7. The molecule has 1 saturated carbocycles. The number of ether oxygens (including phenoxy) is 3. The molecule has 4 rings (SSSR count). The maximum Gasteiger partial charge on any atom is 0.410 e. The van der Waals surface area contributed by atoms with Crippen LogP contribution in [0.2, 0.25) is 0 Å². The molecule has 1 amide bonds. The van der Waals surface area contributed by atoms with Crippen molar-refractivity contribution in [2.75, 3.05) is 26.2 Å². The topological polar surface area (TPSA) is 91.1 Å². The first kappa shape index (κ1) is 18.5. The number of nitrogens with zero attached hydrogens (tertiary/aromatic N) is 1. The zero-order valence-corrected chi connectivity index (χ0v) is 15.7. The number of hydrogen-bond acceptors (Lipinski definition) is 6. The number of hydrogen-bond donors (Lipinski definition) is 1. The molecule has 3 saturated heterocycles. The summed E-state index contributed by atoms with van der Waals surface area (Å²) in [6.07, 6.45) is 2.15. The Morgan fingerprint density at radius 2 is 1.80 bits per heavy atom. The number of carbonyl (C=O) groups excluding carboxylic acids is 2. The van der Waals surface area contributed by atoms with Gasteiger partial charge in [-0.05, 0) is 53.4 Å². The van der Waals surface area contributed by atoms with Gasteiger partial charge in [-0.15, -0.1) is 0 Å². The van der Waals surface area contributed by atoms with Crippen LogP contribution >= 0.6 is 0 Å². The van der Waals surface area contributed by atoms with E-state index in [2.05, 4.69) is 0 Å². The van der Waals surface area contributed by atoms with E-state index in [1.165, 1.54) is 0 Å². The summed E-state index contributed by atoms with van der Waals surface area (Å²) in [7, 11) is 0. The number of esters is 1. The highest BCUT2D eigenvalue weighted by molar-refractivity contribution is 5.82. The number of amides is 1. The van der Waals surface area contributed by atoms with Crippen LogP contribution in [0.1, 0.15) is 53.4 Å². The summed E-state index contributed by atoms with van der Waals surface area (Å²) in [6, 6.07) is 0. The molecule has 1 spiro atoms. The van der Waals surface area contributed by atoms with Crippen molar-refractivity contribution in [1.29, 1.82) is 0 Å². The number of piperidine rings is 1. The Kier molecular flexibility index (Phi) is 4.31. The Labute approximate surface area is 149 Å². The highest BCUT2D eigenvalue weighted by Gasteiger charge is 2.78. The first-order chi connectivity index (χ1) is 11.6. The van der Waals surface area contributed by atoms with Crippen molar-refractivity contribution in [1.82, 2.24) is 4.90 Å². The fourth-order valence-corrected chi connectivity index (χ4v) is 4.70. The highest BCUT2D eigenvalue weighted by Crippen LogP contribution is 2.69. The van der Waals surface area contributed by atoms with E-state index in [1.54, 1.807) is 4.90 Å². The van der Waals surface area contributed by atoms with Gasteiger partial charge in [0.05, 0.1) is 17.8 Å². The molecule has 0 aromatic carbocycles. The second kappa shape index (κ2) is 5.84. The van der Waals surface area contributed by atoms with Crippen LogP contribution in [-0.2, 0) is 19.0 Å². The van der Waals surface area contributed by atoms with Crippen molar-refractivity contribution in [3.05, 3.63) is 0 Å². The standard InChI is InChI=1S/C18H30N2O5/c1-5-23-13(21)17-10-16(11-17,12-19)25-18(17)6-8-20(9-7-18)14(22)24-15(2,3)4/h5-12,19H2,1-4H3. The number of likely N-dealkylation sites (tertiary alicyclic amines) is 1. The summed E-state index contributed by atoms with van der Waals surface area (Å²) in [5.41, 5.74) is 3.81. The van der Waals surface area contributed by atoms with E-state index in [0.717, 1.165) is 0 Å². The molecule has 2 bridgehead atoms. The molecular weight excluding hydrogens is 324 g/mol. The van der Waals surface area contributed by atoms with E-state index in [9.17, 15) is 9.59 Å². The second-order valence-electron chi connectivity index (χ2n) is 8.61. The molecule has 142 valence electrons. The van der Waals surface area contributed by atoms with E-state index in [4.69, 9.17) is 19.9 Å². The quantitative estimate of drug-likeness (QED) is 0.778. The molecule has 3 heterocycles. The molecule has 3 aliphatic heterocycles. The van der Waals surface area contributed by atoms with Crippen molar-refractivity contribution >= 4 is 12.1 Å². The van der Waals surface area contributed by atoms with Gasteiger partial charge in [0.1, 0.15) is 11.0 Å². The lowest BCUT2D eigenvalue weighted by Gasteiger charge is -2.48. The number of carbonyl (C=O) groups is 2. The van der Waals surface area contributed by atoms with E-state index in [1.807, 2.05) is 27.7 Å². The van der Waals surface area contributed by atoms with Gasteiger partial charge in [0.25, 0.3) is 0 Å². The maximum absolute atomic E-state index is 12.7. The predicted octanol–water partition coefficient (Wildman–Crippen LogP) is 1.83. The molecular formula is C18H30N2O5. The van der Waals surface area contributed by atoms with E-state index in [0.29, 0.717) is 51.9 Å². The minimum atomic E-state index is -0.609. The smallest absolute Gasteiger partial charge is 0.410 e. The monoisotopic (exact) mass is 354 g/mol. The Morgan fingerprint density at radius 3 is 2.28 bits per heavy atom. The van der Waals surface area contributed by atoms with Gasteiger partial charge in [-0.1, -0.05) is 0 Å². The summed E-state index contributed by atoms with van der Waals surface area (Å²) >= 11 is 0. The van der Waals surface area contributed by atoms with Gasteiger partial charge in [-0.2, -0.15) is 0 Å². The molecule has 0 atom stereocenters. The first-order valence-electron chi connectivity index (χ1n) is 9.16. The third-order valence-electron chi connectivity index (χ3n) is 5.79. The zero-order chi connectivity index (χ0) is 18.5.